The Hall–Kier alpha value is -3.31. The molecule has 1 aromatic heterocycles. The summed E-state index contributed by atoms with van der Waals surface area (Å²) >= 11 is 0. The van der Waals surface area contributed by atoms with Crippen molar-refractivity contribution in [3.63, 3.8) is 0 Å². The van der Waals surface area contributed by atoms with Crippen LogP contribution in [0.1, 0.15) is 24.8 Å². The zero-order valence-corrected chi connectivity index (χ0v) is 16.5. The monoisotopic (exact) mass is 422 g/mol. The second-order valence-corrected chi connectivity index (χ2v) is 8.43. The van der Waals surface area contributed by atoms with Crippen molar-refractivity contribution in [3.8, 4) is 6.07 Å². The number of rotatable bonds is 4. The quantitative estimate of drug-likeness (QED) is 0.563. The number of halogens is 2. The Bertz CT molecular complexity index is 1310. The van der Waals surface area contributed by atoms with Crippen LogP contribution >= 0.6 is 0 Å². The highest BCUT2D eigenvalue weighted by molar-refractivity contribution is 6.05. The third-order valence-electron chi connectivity index (χ3n) is 6.51. The molecule has 0 radical (unpaired) electrons. The van der Waals surface area contributed by atoms with E-state index in [-0.39, 0.29) is 23.9 Å². The first-order valence-electron chi connectivity index (χ1n) is 10.3. The van der Waals surface area contributed by atoms with E-state index in [9.17, 15) is 23.6 Å². The van der Waals surface area contributed by atoms with Crippen LogP contribution in [-0.4, -0.2) is 29.0 Å². The largest absolute Gasteiger partial charge is 0.339 e. The molecule has 1 saturated carbocycles. The first-order chi connectivity index (χ1) is 14.9. The van der Waals surface area contributed by atoms with Crippen molar-refractivity contribution in [1.82, 2.24) is 15.6 Å². The van der Waals surface area contributed by atoms with Gasteiger partial charge in [-0.3, -0.25) is 9.59 Å². The van der Waals surface area contributed by atoms with Gasteiger partial charge in [0.05, 0.1) is 17.6 Å². The van der Waals surface area contributed by atoms with Crippen molar-refractivity contribution in [2.75, 3.05) is 0 Å². The van der Waals surface area contributed by atoms with Gasteiger partial charge in [-0.1, -0.05) is 12.1 Å². The molecule has 5 rings (SSSR count). The average molecular weight is 422 g/mol. The molecule has 2 aliphatic rings. The zero-order valence-electron chi connectivity index (χ0n) is 16.5. The van der Waals surface area contributed by atoms with E-state index in [0.29, 0.717) is 33.7 Å². The normalized spacial score (nSPS) is 23.2. The highest BCUT2D eigenvalue weighted by Crippen LogP contribution is 2.35. The molecule has 31 heavy (non-hydrogen) atoms. The van der Waals surface area contributed by atoms with Crippen molar-refractivity contribution in [2.24, 2.45) is 5.92 Å². The number of nitrogens with zero attached hydrogens (tertiary/aromatic N) is 1. The van der Waals surface area contributed by atoms with Gasteiger partial charge in [0.2, 0.25) is 5.91 Å². The SMILES string of the molecule is N#CC(Cc1ccc2c(c1)c(=O)[nH]c1c(F)c(F)ccc12)NC(=O)[C@H]1N[C@@H]2CC[C@H]1C2. The van der Waals surface area contributed by atoms with E-state index in [1.165, 1.54) is 6.07 Å². The number of H-pyrrole nitrogens is 1. The van der Waals surface area contributed by atoms with Crippen LogP contribution in [-0.2, 0) is 11.2 Å². The Balaban J connectivity index is 1.41. The van der Waals surface area contributed by atoms with Crippen LogP contribution in [0, 0.1) is 28.9 Å². The minimum absolute atomic E-state index is 0.166. The number of aromatic amines is 1. The molecule has 2 heterocycles. The van der Waals surface area contributed by atoms with E-state index in [1.807, 2.05) is 0 Å². The summed E-state index contributed by atoms with van der Waals surface area (Å²) in [6.45, 7) is 0. The van der Waals surface area contributed by atoms with Gasteiger partial charge in [0, 0.05) is 23.2 Å². The van der Waals surface area contributed by atoms with Crippen LogP contribution < -0.4 is 16.2 Å². The molecule has 1 unspecified atom stereocenters. The Morgan fingerprint density at radius 3 is 2.71 bits per heavy atom. The maximum absolute atomic E-state index is 14.1. The number of nitriles is 1. The Morgan fingerprint density at radius 2 is 2.00 bits per heavy atom. The van der Waals surface area contributed by atoms with Crippen molar-refractivity contribution < 1.29 is 13.6 Å². The number of hydrogen-bond acceptors (Lipinski definition) is 4. The smallest absolute Gasteiger partial charge is 0.256 e. The van der Waals surface area contributed by atoms with E-state index in [2.05, 4.69) is 21.7 Å². The first-order valence-corrected chi connectivity index (χ1v) is 10.3. The zero-order chi connectivity index (χ0) is 21.7. The highest BCUT2D eigenvalue weighted by Gasteiger charge is 2.43. The molecule has 1 amide bonds. The number of nitrogens with one attached hydrogen (secondary N) is 3. The van der Waals surface area contributed by atoms with Gasteiger partial charge < -0.3 is 15.6 Å². The molecule has 4 atom stereocenters. The molecular formula is C23H20F2N4O2. The summed E-state index contributed by atoms with van der Waals surface area (Å²) in [5.41, 5.74) is -0.0314. The maximum Gasteiger partial charge on any atom is 0.256 e. The number of aromatic nitrogens is 1. The summed E-state index contributed by atoms with van der Waals surface area (Å²) in [4.78, 5) is 27.5. The summed E-state index contributed by atoms with van der Waals surface area (Å²) in [7, 11) is 0. The first kappa shape index (κ1) is 19.6. The molecule has 0 spiro atoms. The molecule has 3 N–H and O–H groups in total. The van der Waals surface area contributed by atoms with E-state index in [1.54, 1.807) is 18.2 Å². The fourth-order valence-electron chi connectivity index (χ4n) is 5.00. The van der Waals surface area contributed by atoms with E-state index < -0.39 is 23.2 Å². The predicted molar refractivity (Wildman–Crippen MR) is 111 cm³/mol. The van der Waals surface area contributed by atoms with Crippen molar-refractivity contribution >= 4 is 27.6 Å². The Labute approximate surface area is 176 Å². The number of carbonyl (C=O) groups excluding carboxylic acids is 1. The molecule has 8 heteroatoms. The molecule has 1 aliphatic carbocycles. The third-order valence-corrected chi connectivity index (χ3v) is 6.51. The van der Waals surface area contributed by atoms with Crippen LogP contribution in [0.15, 0.2) is 35.1 Å². The second-order valence-electron chi connectivity index (χ2n) is 8.43. The lowest BCUT2D eigenvalue weighted by molar-refractivity contribution is -0.124. The van der Waals surface area contributed by atoms with Gasteiger partial charge in [0.1, 0.15) is 6.04 Å². The molecule has 2 fully saturated rings. The van der Waals surface area contributed by atoms with Gasteiger partial charge in [0.15, 0.2) is 11.6 Å². The van der Waals surface area contributed by atoms with Crippen LogP contribution in [0.2, 0.25) is 0 Å². The minimum Gasteiger partial charge on any atom is -0.339 e. The molecular weight excluding hydrogens is 402 g/mol. The summed E-state index contributed by atoms with van der Waals surface area (Å²) in [5.74, 6) is -1.97. The predicted octanol–water partition coefficient (Wildman–Crippen LogP) is 2.65. The van der Waals surface area contributed by atoms with E-state index in [4.69, 9.17) is 0 Å². The lowest BCUT2D eigenvalue weighted by Gasteiger charge is -2.23. The summed E-state index contributed by atoms with van der Waals surface area (Å²) < 4.78 is 27.6. The molecule has 1 aliphatic heterocycles. The second kappa shape index (κ2) is 7.43. The van der Waals surface area contributed by atoms with Crippen molar-refractivity contribution in [2.45, 2.75) is 43.8 Å². The van der Waals surface area contributed by atoms with Crippen molar-refractivity contribution in [3.05, 3.63) is 57.9 Å². The Kier molecular flexibility index (Phi) is 4.71. The molecule has 6 nitrogen and oxygen atoms in total. The highest BCUT2D eigenvalue weighted by atomic mass is 19.2. The summed E-state index contributed by atoms with van der Waals surface area (Å²) in [6, 6.07) is 8.98. The number of pyridine rings is 1. The van der Waals surface area contributed by atoms with Gasteiger partial charge in [-0.05, 0) is 54.3 Å². The van der Waals surface area contributed by atoms with Gasteiger partial charge in [-0.25, -0.2) is 8.78 Å². The molecule has 2 bridgehead atoms. The minimum atomic E-state index is -1.10. The lowest BCUT2D eigenvalue weighted by Crippen LogP contribution is -2.50. The van der Waals surface area contributed by atoms with Gasteiger partial charge in [-0.15, -0.1) is 0 Å². The van der Waals surface area contributed by atoms with Crippen molar-refractivity contribution in [1.29, 1.82) is 5.26 Å². The number of piperidine rings is 1. The lowest BCUT2D eigenvalue weighted by atomic mass is 9.98. The summed E-state index contributed by atoms with van der Waals surface area (Å²) in [6.07, 6.45) is 3.35. The van der Waals surface area contributed by atoms with Crippen LogP contribution in [0.5, 0.6) is 0 Å². The molecule has 2 aromatic carbocycles. The fourth-order valence-corrected chi connectivity index (χ4v) is 5.00. The van der Waals surface area contributed by atoms with Gasteiger partial charge >= 0.3 is 0 Å². The maximum atomic E-state index is 14.1. The molecule has 3 aromatic rings. The van der Waals surface area contributed by atoms with Crippen LogP contribution in [0.25, 0.3) is 21.7 Å². The number of benzene rings is 2. The average Bonchev–Trinajstić information content (AvgIpc) is 3.40. The summed E-state index contributed by atoms with van der Waals surface area (Å²) in [5, 5.41) is 16.9. The van der Waals surface area contributed by atoms with Crippen LogP contribution in [0.3, 0.4) is 0 Å². The van der Waals surface area contributed by atoms with Gasteiger partial charge in [0.25, 0.3) is 5.56 Å². The molecule has 158 valence electrons. The number of fused-ring (bicyclic) bond motifs is 5. The van der Waals surface area contributed by atoms with Gasteiger partial charge in [-0.2, -0.15) is 5.26 Å². The number of hydrogen-bond donors (Lipinski definition) is 3. The topological polar surface area (TPSA) is 97.8 Å². The standard InChI is InChI=1S/C23H20F2N4O2/c24-18-6-5-16-15-4-1-11(8-17(15)22(30)29-21(16)19(18)25)7-14(10-26)28-23(31)20-12-2-3-13(9-12)27-20/h1,4-6,8,12-14,20,27H,2-3,7,9H2,(H,28,31)(H,29,30)/t12-,13+,14?,20-/m0/s1. The fraction of sp³-hybridized carbons (Fsp3) is 0.348. The number of amides is 1. The number of carbonyl (C=O) groups is 1. The van der Waals surface area contributed by atoms with E-state index >= 15 is 0 Å². The third kappa shape index (κ3) is 3.35. The van der Waals surface area contributed by atoms with E-state index in [0.717, 1.165) is 25.3 Å². The molecule has 1 saturated heterocycles. The Morgan fingerprint density at radius 1 is 1.19 bits per heavy atom. The van der Waals surface area contributed by atoms with Crippen LogP contribution in [0.4, 0.5) is 8.78 Å².